The molecule has 3 heterocycles. The van der Waals surface area contributed by atoms with Gasteiger partial charge in [-0.1, -0.05) is 18.2 Å². The molecule has 6 heteroatoms. The number of aromatic nitrogens is 2. The van der Waals surface area contributed by atoms with E-state index < -0.39 is 5.97 Å². The Balaban J connectivity index is 1.40. The Morgan fingerprint density at radius 3 is 2.93 bits per heavy atom. The Morgan fingerprint density at radius 1 is 1.22 bits per heavy atom. The summed E-state index contributed by atoms with van der Waals surface area (Å²) in [5.41, 5.74) is 1.90. The molecule has 0 unspecified atom stereocenters. The normalized spacial score (nSPS) is 17.3. The zero-order chi connectivity index (χ0) is 18.6. The quantitative estimate of drug-likeness (QED) is 0.722. The van der Waals surface area contributed by atoms with Gasteiger partial charge >= 0.3 is 5.97 Å². The van der Waals surface area contributed by atoms with Crippen LogP contribution in [-0.4, -0.2) is 39.0 Å². The summed E-state index contributed by atoms with van der Waals surface area (Å²) in [4.78, 5) is 22.3. The van der Waals surface area contributed by atoms with E-state index in [0.717, 1.165) is 43.9 Å². The third-order valence-corrected chi connectivity index (χ3v) is 4.95. The molecule has 0 aliphatic carbocycles. The molecule has 0 radical (unpaired) electrons. The number of rotatable bonds is 6. The van der Waals surface area contributed by atoms with Crippen LogP contribution in [0.2, 0.25) is 0 Å². The van der Waals surface area contributed by atoms with Crippen LogP contribution in [0.3, 0.4) is 0 Å². The van der Waals surface area contributed by atoms with Crippen molar-refractivity contribution in [3.63, 3.8) is 0 Å². The minimum atomic E-state index is -0.949. The summed E-state index contributed by atoms with van der Waals surface area (Å²) in [7, 11) is 0. The van der Waals surface area contributed by atoms with Crippen molar-refractivity contribution in [1.82, 2.24) is 14.9 Å². The summed E-state index contributed by atoms with van der Waals surface area (Å²) < 4.78 is 5.95. The highest BCUT2D eigenvalue weighted by Gasteiger charge is 2.24. The lowest BCUT2D eigenvalue weighted by Crippen LogP contribution is -2.20. The van der Waals surface area contributed by atoms with Crippen molar-refractivity contribution in [2.45, 2.75) is 19.4 Å². The Hall–Kier alpha value is -2.99. The number of carbonyl (C=O) groups is 1. The van der Waals surface area contributed by atoms with Crippen LogP contribution in [0.5, 0.6) is 0 Å². The molecule has 138 valence electrons. The molecular formula is C21H21N3O3. The van der Waals surface area contributed by atoms with E-state index in [0.29, 0.717) is 17.2 Å². The summed E-state index contributed by atoms with van der Waals surface area (Å²) in [6.07, 6.45) is 7.34. The fourth-order valence-electron chi connectivity index (χ4n) is 3.67. The first-order chi connectivity index (χ1) is 13.2. The lowest BCUT2D eigenvalue weighted by atomic mass is 10.0. The first-order valence-corrected chi connectivity index (χ1v) is 9.07. The molecule has 1 aromatic carbocycles. The Labute approximate surface area is 157 Å². The second kappa shape index (κ2) is 7.72. The molecule has 0 saturated carbocycles. The zero-order valence-corrected chi connectivity index (χ0v) is 14.9. The number of likely N-dealkylation sites (tertiary alicyclic amines) is 1. The standard InChI is InChI=1S/C21H21N3O3/c25-21(26)19-4-2-1-3-18(19)20-6-5-17(27-20)14-24-10-7-15(13-24)11-16-12-22-8-9-23-16/h1-6,8-9,12,15H,7,10-11,13-14H2,(H,25,26)/t15-/m1/s1. The monoisotopic (exact) mass is 363 g/mol. The second-order valence-electron chi connectivity index (χ2n) is 6.91. The number of hydrogen-bond donors (Lipinski definition) is 1. The summed E-state index contributed by atoms with van der Waals surface area (Å²) in [5, 5.41) is 9.35. The molecule has 1 fully saturated rings. The van der Waals surface area contributed by atoms with E-state index in [1.54, 1.807) is 30.6 Å². The fraction of sp³-hybridized carbons (Fsp3) is 0.286. The van der Waals surface area contributed by atoms with Gasteiger partial charge in [0.15, 0.2) is 0 Å². The van der Waals surface area contributed by atoms with Gasteiger partial charge in [-0.2, -0.15) is 0 Å². The van der Waals surface area contributed by atoms with E-state index in [4.69, 9.17) is 4.42 Å². The first kappa shape index (κ1) is 17.4. The van der Waals surface area contributed by atoms with Crippen LogP contribution in [0.1, 0.15) is 28.2 Å². The summed E-state index contributed by atoms with van der Waals surface area (Å²) in [6, 6.07) is 10.7. The van der Waals surface area contributed by atoms with Crippen molar-refractivity contribution in [3.8, 4) is 11.3 Å². The highest BCUT2D eigenvalue weighted by Crippen LogP contribution is 2.28. The van der Waals surface area contributed by atoms with Gasteiger partial charge in [0.1, 0.15) is 11.5 Å². The Morgan fingerprint density at radius 2 is 2.11 bits per heavy atom. The molecule has 27 heavy (non-hydrogen) atoms. The molecule has 6 nitrogen and oxygen atoms in total. The molecule has 1 aliphatic heterocycles. The molecule has 0 bridgehead atoms. The zero-order valence-electron chi connectivity index (χ0n) is 14.9. The molecule has 1 atom stereocenters. The third kappa shape index (κ3) is 4.06. The van der Waals surface area contributed by atoms with Crippen LogP contribution >= 0.6 is 0 Å². The van der Waals surface area contributed by atoms with Gasteiger partial charge in [-0.05, 0) is 43.5 Å². The summed E-state index contributed by atoms with van der Waals surface area (Å²) in [6.45, 7) is 2.75. The maximum atomic E-state index is 11.4. The Bertz CT molecular complexity index is 923. The van der Waals surface area contributed by atoms with Gasteiger partial charge in [0.25, 0.3) is 0 Å². The number of hydrogen-bond acceptors (Lipinski definition) is 5. The van der Waals surface area contributed by atoms with Crippen molar-refractivity contribution >= 4 is 5.97 Å². The average Bonchev–Trinajstić information content (AvgIpc) is 3.32. The highest BCUT2D eigenvalue weighted by molar-refractivity contribution is 5.95. The molecule has 0 spiro atoms. The van der Waals surface area contributed by atoms with E-state index in [-0.39, 0.29) is 5.56 Å². The molecule has 1 saturated heterocycles. The van der Waals surface area contributed by atoms with Gasteiger partial charge in [-0.3, -0.25) is 14.9 Å². The molecular weight excluding hydrogens is 342 g/mol. The van der Waals surface area contributed by atoms with Crippen molar-refractivity contribution in [2.75, 3.05) is 13.1 Å². The largest absolute Gasteiger partial charge is 0.478 e. The molecule has 2 aromatic heterocycles. The number of benzene rings is 1. The second-order valence-corrected chi connectivity index (χ2v) is 6.91. The third-order valence-electron chi connectivity index (χ3n) is 4.95. The fourth-order valence-corrected chi connectivity index (χ4v) is 3.67. The Kier molecular flexibility index (Phi) is 4.98. The predicted octanol–water partition coefficient (Wildman–Crippen LogP) is 3.50. The van der Waals surface area contributed by atoms with Crippen LogP contribution in [0.25, 0.3) is 11.3 Å². The van der Waals surface area contributed by atoms with Crippen molar-refractivity contribution in [3.05, 3.63) is 72.0 Å². The number of carboxylic acids is 1. The number of nitrogens with zero attached hydrogens (tertiary/aromatic N) is 3. The topological polar surface area (TPSA) is 79.5 Å². The van der Waals surface area contributed by atoms with Crippen LogP contribution in [0, 0.1) is 5.92 Å². The highest BCUT2D eigenvalue weighted by atomic mass is 16.4. The van der Waals surface area contributed by atoms with Gasteiger partial charge in [0, 0.05) is 30.7 Å². The first-order valence-electron chi connectivity index (χ1n) is 9.07. The summed E-state index contributed by atoms with van der Waals surface area (Å²) in [5.74, 6) is 1.07. The predicted molar refractivity (Wildman–Crippen MR) is 100 cm³/mol. The van der Waals surface area contributed by atoms with Crippen LogP contribution < -0.4 is 0 Å². The molecule has 1 N–H and O–H groups in total. The van der Waals surface area contributed by atoms with Crippen LogP contribution in [0.15, 0.2) is 59.4 Å². The smallest absolute Gasteiger partial charge is 0.336 e. The van der Waals surface area contributed by atoms with E-state index in [2.05, 4.69) is 14.9 Å². The van der Waals surface area contributed by atoms with E-state index >= 15 is 0 Å². The van der Waals surface area contributed by atoms with Gasteiger partial charge in [0.05, 0.1) is 17.8 Å². The van der Waals surface area contributed by atoms with Crippen LogP contribution in [0.4, 0.5) is 0 Å². The number of carboxylic acid groups (broad SMARTS) is 1. The van der Waals surface area contributed by atoms with Gasteiger partial charge in [-0.25, -0.2) is 4.79 Å². The molecule has 0 amide bonds. The van der Waals surface area contributed by atoms with E-state index in [1.807, 2.05) is 24.4 Å². The minimum absolute atomic E-state index is 0.253. The van der Waals surface area contributed by atoms with Gasteiger partial charge < -0.3 is 9.52 Å². The van der Waals surface area contributed by atoms with Crippen molar-refractivity contribution in [2.24, 2.45) is 5.92 Å². The molecule has 4 rings (SSSR count). The molecule has 1 aliphatic rings. The van der Waals surface area contributed by atoms with Gasteiger partial charge in [0.2, 0.25) is 0 Å². The lowest BCUT2D eigenvalue weighted by molar-refractivity contribution is 0.0697. The number of aromatic carboxylic acids is 1. The maximum absolute atomic E-state index is 11.4. The maximum Gasteiger partial charge on any atom is 0.336 e. The minimum Gasteiger partial charge on any atom is -0.478 e. The average molecular weight is 363 g/mol. The number of furan rings is 1. The summed E-state index contributed by atoms with van der Waals surface area (Å²) >= 11 is 0. The van der Waals surface area contributed by atoms with E-state index in [1.165, 1.54) is 0 Å². The van der Waals surface area contributed by atoms with Crippen molar-refractivity contribution in [1.29, 1.82) is 0 Å². The van der Waals surface area contributed by atoms with Crippen molar-refractivity contribution < 1.29 is 14.3 Å². The SMILES string of the molecule is O=C(O)c1ccccc1-c1ccc(CN2CC[C@H](Cc3cnccn3)C2)o1. The van der Waals surface area contributed by atoms with E-state index in [9.17, 15) is 9.90 Å². The molecule has 3 aromatic rings. The van der Waals surface area contributed by atoms with Crippen LogP contribution in [-0.2, 0) is 13.0 Å². The van der Waals surface area contributed by atoms with Gasteiger partial charge in [-0.15, -0.1) is 0 Å². The lowest BCUT2D eigenvalue weighted by Gasteiger charge is -2.14.